The molecule has 1 heterocycles. The number of nitrogens with two attached hydrogens (primary N) is 1. The first kappa shape index (κ1) is 9.16. The zero-order valence-corrected chi connectivity index (χ0v) is 7.20. The Labute approximate surface area is 72.2 Å². The van der Waals surface area contributed by atoms with E-state index in [1.54, 1.807) is 6.20 Å². The maximum absolute atomic E-state index is 8.64. The van der Waals surface area contributed by atoms with Gasteiger partial charge in [0.05, 0.1) is 5.69 Å². The fourth-order valence-electron chi connectivity index (χ4n) is 0.986. The topological polar surface area (TPSA) is 59.1 Å². The summed E-state index contributed by atoms with van der Waals surface area (Å²) in [5.74, 6) is 0. The van der Waals surface area contributed by atoms with Crippen LogP contribution in [0.5, 0.6) is 0 Å². The summed E-state index contributed by atoms with van der Waals surface area (Å²) in [7, 11) is 0. The number of hydrogen-bond donors (Lipinski definition) is 2. The van der Waals surface area contributed by atoms with E-state index in [2.05, 4.69) is 4.98 Å². The predicted octanol–water partition coefficient (Wildman–Crippen LogP) is 0.772. The highest BCUT2D eigenvalue weighted by atomic mass is 16.3. The maximum atomic E-state index is 8.64. The molecule has 0 spiro atoms. The van der Waals surface area contributed by atoms with Crippen LogP contribution in [-0.4, -0.2) is 16.7 Å². The number of aliphatic hydroxyl groups excluding tert-OH is 1. The molecule has 0 aliphatic carbocycles. The molecule has 0 amide bonds. The van der Waals surface area contributed by atoms with Crippen LogP contribution in [0.25, 0.3) is 0 Å². The zero-order valence-electron chi connectivity index (χ0n) is 7.20. The molecule has 0 radical (unpaired) electrons. The molecular weight excluding hydrogens is 152 g/mol. The minimum Gasteiger partial charge on any atom is -0.396 e. The van der Waals surface area contributed by atoms with Crippen LogP contribution >= 0.6 is 0 Å². The van der Waals surface area contributed by atoms with Crippen molar-refractivity contribution >= 4 is 0 Å². The normalized spacial score (nSPS) is 12.9. The number of pyridine rings is 1. The first-order valence-electron chi connectivity index (χ1n) is 4.03. The van der Waals surface area contributed by atoms with Crippen LogP contribution in [0.1, 0.15) is 23.7 Å². The molecule has 0 fully saturated rings. The van der Waals surface area contributed by atoms with Crippen molar-refractivity contribution in [2.75, 3.05) is 6.61 Å². The van der Waals surface area contributed by atoms with Crippen LogP contribution in [0, 0.1) is 6.92 Å². The highest BCUT2D eigenvalue weighted by Gasteiger charge is 2.04. The van der Waals surface area contributed by atoms with Gasteiger partial charge < -0.3 is 10.8 Å². The first-order valence-corrected chi connectivity index (χ1v) is 4.03. The van der Waals surface area contributed by atoms with Gasteiger partial charge >= 0.3 is 0 Å². The molecule has 66 valence electrons. The standard InChI is InChI=1S/C9H14N2O/c1-7-2-3-9(11-6-7)8(10)4-5-12/h2-3,6,8,12H,4-5,10H2,1H3/t8-/m0/s1. The SMILES string of the molecule is Cc1ccc([C@@H](N)CCO)nc1. The third kappa shape index (κ3) is 2.29. The van der Waals surface area contributed by atoms with Crippen LogP contribution in [0.2, 0.25) is 0 Å². The molecule has 3 N–H and O–H groups in total. The van der Waals surface area contributed by atoms with Gasteiger partial charge in [0.25, 0.3) is 0 Å². The van der Waals surface area contributed by atoms with E-state index < -0.39 is 0 Å². The molecule has 0 saturated heterocycles. The van der Waals surface area contributed by atoms with Crippen LogP contribution in [-0.2, 0) is 0 Å². The summed E-state index contributed by atoms with van der Waals surface area (Å²) in [5.41, 5.74) is 7.70. The number of aromatic nitrogens is 1. The van der Waals surface area contributed by atoms with Gasteiger partial charge in [0.15, 0.2) is 0 Å². The molecule has 1 atom stereocenters. The summed E-state index contributed by atoms with van der Waals surface area (Å²) in [5, 5.41) is 8.64. The lowest BCUT2D eigenvalue weighted by atomic mass is 10.1. The summed E-state index contributed by atoms with van der Waals surface area (Å²) >= 11 is 0. The van der Waals surface area contributed by atoms with Crippen molar-refractivity contribution in [1.29, 1.82) is 0 Å². The van der Waals surface area contributed by atoms with Crippen molar-refractivity contribution in [1.82, 2.24) is 4.98 Å². The Morgan fingerprint density at radius 3 is 2.83 bits per heavy atom. The average Bonchev–Trinajstić information content (AvgIpc) is 2.06. The molecule has 3 nitrogen and oxygen atoms in total. The van der Waals surface area contributed by atoms with E-state index in [1.807, 2.05) is 19.1 Å². The van der Waals surface area contributed by atoms with Gasteiger partial charge in [0, 0.05) is 18.8 Å². The Bertz CT molecular complexity index is 233. The van der Waals surface area contributed by atoms with Gasteiger partial charge in [0.1, 0.15) is 0 Å². The Balaban J connectivity index is 2.68. The number of aliphatic hydroxyl groups is 1. The first-order chi connectivity index (χ1) is 5.74. The Morgan fingerprint density at radius 1 is 1.58 bits per heavy atom. The number of rotatable bonds is 3. The largest absolute Gasteiger partial charge is 0.396 e. The highest BCUT2D eigenvalue weighted by molar-refractivity contribution is 5.14. The number of nitrogens with zero attached hydrogens (tertiary/aromatic N) is 1. The zero-order chi connectivity index (χ0) is 8.97. The van der Waals surface area contributed by atoms with E-state index in [1.165, 1.54) is 0 Å². The second-order valence-electron chi connectivity index (χ2n) is 2.88. The Kier molecular flexibility index (Phi) is 3.19. The van der Waals surface area contributed by atoms with E-state index in [9.17, 15) is 0 Å². The van der Waals surface area contributed by atoms with E-state index in [-0.39, 0.29) is 12.6 Å². The van der Waals surface area contributed by atoms with Gasteiger partial charge in [-0.3, -0.25) is 4.98 Å². The molecule has 0 unspecified atom stereocenters. The minimum atomic E-state index is -0.143. The Morgan fingerprint density at radius 2 is 2.33 bits per heavy atom. The molecule has 3 heteroatoms. The van der Waals surface area contributed by atoms with Crippen molar-refractivity contribution in [3.05, 3.63) is 29.6 Å². The molecule has 1 aromatic heterocycles. The van der Waals surface area contributed by atoms with Crippen molar-refractivity contribution in [3.63, 3.8) is 0 Å². The smallest absolute Gasteiger partial charge is 0.0572 e. The number of aryl methyl sites for hydroxylation is 1. The van der Waals surface area contributed by atoms with Gasteiger partial charge in [-0.2, -0.15) is 0 Å². The van der Waals surface area contributed by atoms with Crippen LogP contribution < -0.4 is 5.73 Å². The fraction of sp³-hybridized carbons (Fsp3) is 0.444. The van der Waals surface area contributed by atoms with Crippen molar-refractivity contribution < 1.29 is 5.11 Å². The molecule has 0 bridgehead atoms. The average molecular weight is 166 g/mol. The van der Waals surface area contributed by atoms with Gasteiger partial charge in [-0.1, -0.05) is 6.07 Å². The van der Waals surface area contributed by atoms with E-state index in [0.29, 0.717) is 6.42 Å². The van der Waals surface area contributed by atoms with Gasteiger partial charge in [-0.25, -0.2) is 0 Å². The summed E-state index contributed by atoms with van der Waals surface area (Å²) in [4.78, 5) is 4.16. The second kappa shape index (κ2) is 4.18. The van der Waals surface area contributed by atoms with Crippen LogP contribution in [0.15, 0.2) is 18.3 Å². The molecule has 1 aromatic rings. The van der Waals surface area contributed by atoms with Crippen molar-refractivity contribution in [3.8, 4) is 0 Å². The van der Waals surface area contributed by atoms with Crippen LogP contribution in [0.3, 0.4) is 0 Å². The quantitative estimate of drug-likeness (QED) is 0.697. The summed E-state index contributed by atoms with van der Waals surface area (Å²) < 4.78 is 0. The maximum Gasteiger partial charge on any atom is 0.0572 e. The third-order valence-electron chi connectivity index (χ3n) is 1.75. The molecule has 0 aliphatic heterocycles. The lowest BCUT2D eigenvalue weighted by Crippen LogP contribution is -2.13. The second-order valence-corrected chi connectivity index (χ2v) is 2.88. The lowest BCUT2D eigenvalue weighted by Gasteiger charge is -2.08. The van der Waals surface area contributed by atoms with Gasteiger partial charge in [-0.15, -0.1) is 0 Å². The molecule has 12 heavy (non-hydrogen) atoms. The molecule has 0 aliphatic rings. The summed E-state index contributed by atoms with van der Waals surface area (Å²) in [6, 6.07) is 3.73. The monoisotopic (exact) mass is 166 g/mol. The summed E-state index contributed by atoms with van der Waals surface area (Å²) in [6.45, 7) is 2.09. The lowest BCUT2D eigenvalue weighted by molar-refractivity contribution is 0.275. The summed E-state index contributed by atoms with van der Waals surface area (Å²) in [6.07, 6.45) is 2.35. The van der Waals surface area contributed by atoms with Crippen molar-refractivity contribution in [2.24, 2.45) is 5.73 Å². The van der Waals surface area contributed by atoms with Crippen LogP contribution in [0.4, 0.5) is 0 Å². The van der Waals surface area contributed by atoms with E-state index in [0.717, 1.165) is 11.3 Å². The minimum absolute atomic E-state index is 0.108. The molecular formula is C9H14N2O. The molecule has 0 aromatic carbocycles. The fourth-order valence-corrected chi connectivity index (χ4v) is 0.986. The highest BCUT2D eigenvalue weighted by Crippen LogP contribution is 2.10. The Hall–Kier alpha value is -0.930. The van der Waals surface area contributed by atoms with Crippen molar-refractivity contribution in [2.45, 2.75) is 19.4 Å². The van der Waals surface area contributed by atoms with E-state index in [4.69, 9.17) is 10.8 Å². The number of hydrogen-bond acceptors (Lipinski definition) is 3. The molecule has 0 saturated carbocycles. The van der Waals surface area contributed by atoms with Gasteiger partial charge in [0.2, 0.25) is 0 Å². The van der Waals surface area contributed by atoms with Gasteiger partial charge in [-0.05, 0) is 25.0 Å². The van der Waals surface area contributed by atoms with E-state index >= 15 is 0 Å². The predicted molar refractivity (Wildman–Crippen MR) is 47.6 cm³/mol. The third-order valence-corrected chi connectivity index (χ3v) is 1.75. The molecule has 1 rings (SSSR count).